The molecular weight excluding hydrogens is 373 g/mol. The number of thiocarbonyl (C=S) groups is 1. The summed E-state index contributed by atoms with van der Waals surface area (Å²) in [6.45, 7) is 5.60. The summed E-state index contributed by atoms with van der Waals surface area (Å²) >= 11 is 18.1. The molecule has 6 heteroatoms. The summed E-state index contributed by atoms with van der Waals surface area (Å²) in [5.74, 6) is 0. The molecule has 25 heavy (non-hydrogen) atoms. The van der Waals surface area contributed by atoms with Crippen LogP contribution in [0.5, 0.6) is 0 Å². The van der Waals surface area contributed by atoms with Crippen molar-refractivity contribution < 1.29 is 0 Å². The van der Waals surface area contributed by atoms with Gasteiger partial charge in [0.05, 0.1) is 6.67 Å². The molecule has 1 heterocycles. The van der Waals surface area contributed by atoms with Crippen molar-refractivity contribution in [3.05, 3.63) is 63.6 Å². The lowest BCUT2D eigenvalue weighted by Gasteiger charge is -2.37. The molecule has 3 rings (SSSR count). The molecule has 2 aromatic rings. The van der Waals surface area contributed by atoms with Crippen molar-refractivity contribution in [2.75, 3.05) is 25.1 Å². The van der Waals surface area contributed by atoms with Crippen molar-refractivity contribution in [1.82, 2.24) is 9.80 Å². The van der Waals surface area contributed by atoms with Crippen LogP contribution in [0.4, 0.5) is 5.69 Å². The van der Waals surface area contributed by atoms with Crippen molar-refractivity contribution in [2.45, 2.75) is 19.9 Å². The summed E-state index contributed by atoms with van der Waals surface area (Å²) in [6, 6.07) is 13.9. The Morgan fingerprint density at radius 1 is 1.12 bits per heavy atom. The Morgan fingerprint density at radius 3 is 2.68 bits per heavy atom. The van der Waals surface area contributed by atoms with Gasteiger partial charge in [-0.2, -0.15) is 0 Å². The molecule has 0 radical (unpaired) electrons. The van der Waals surface area contributed by atoms with Gasteiger partial charge in [-0.1, -0.05) is 47.5 Å². The van der Waals surface area contributed by atoms with Gasteiger partial charge in [0.25, 0.3) is 0 Å². The van der Waals surface area contributed by atoms with E-state index in [2.05, 4.69) is 21.2 Å². The van der Waals surface area contributed by atoms with E-state index in [1.54, 1.807) is 0 Å². The van der Waals surface area contributed by atoms with Crippen LogP contribution >= 0.6 is 35.4 Å². The Labute approximate surface area is 164 Å². The average Bonchev–Trinajstić information content (AvgIpc) is 2.60. The lowest BCUT2D eigenvalue weighted by Crippen LogP contribution is -2.48. The molecule has 0 saturated carbocycles. The van der Waals surface area contributed by atoms with Crippen LogP contribution in [0.2, 0.25) is 10.0 Å². The average molecular weight is 394 g/mol. The number of aryl methyl sites for hydroxylation is 1. The topological polar surface area (TPSA) is 18.5 Å². The van der Waals surface area contributed by atoms with Gasteiger partial charge >= 0.3 is 0 Å². The van der Waals surface area contributed by atoms with E-state index in [4.69, 9.17) is 35.4 Å². The van der Waals surface area contributed by atoms with E-state index in [1.807, 2.05) is 43.3 Å². The number of halogens is 2. The number of benzene rings is 2. The van der Waals surface area contributed by atoms with Crippen LogP contribution in [0.3, 0.4) is 0 Å². The molecule has 1 aliphatic heterocycles. The molecule has 0 bridgehead atoms. The Balaban J connectivity index is 1.61. The van der Waals surface area contributed by atoms with Gasteiger partial charge in [0, 0.05) is 35.4 Å². The smallest absolute Gasteiger partial charge is 0.174 e. The lowest BCUT2D eigenvalue weighted by molar-refractivity contribution is 0.134. The number of rotatable bonds is 3. The summed E-state index contributed by atoms with van der Waals surface area (Å²) in [7, 11) is 0. The molecule has 0 unspecified atom stereocenters. The molecule has 1 saturated heterocycles. The van der Waals surface area contributed by atoms with E-state index in [-0.39, 0.29) is 0 Å². The highest BCUT2D eigenvalue weighted by molar-refractivity contribution is 7.80. The van der Waals surface area contributed by atoms with E-state index < -0.39 is 0 Å². The maximum Gasteiger partial charge on any atom is 0.174 e. The van der Waals surface area contributed by atoms with Crippen LogP contribution in [0.1, 0.15) is 17.5 Å². The Hall–Kier alpha value is -1.33. The van der Waals surface area contributed by atoms with Crippen LogP contribution in [0, 0.1) is 6.92 Å². The molecule has 1 aliphatic rings. The first-order valence-corrected chi connectivity index (χ1v) is 9.47. The third kappa shape index (κ3) is 4.85. The van der Waals surface area contributed by atoms with Crippen molar-refractivity contribution in [3.8, 4) is 0 Å². The van der Waals surface area contributed by atoms with Crippen molar-refractivity contribution in [3.63, 3.8) is 0 Å². The van der Waals surface area contributed by atoms with E-state index in [1.165, 1.54) is 0 Å². The summed E-state index contributed by atoms with van der Waals surface area (Å²) in [6.07, 6.45) is 1.07. The van der Waals surface area contributed by atoms with E-state index in [0.717, 1.165) is 64.7 Å². The van der Waals surface area contributed by atoms with E-state index in [9.17, 15) is 0 Å². The third-order valence-electron chi connectivity index (χ3n) is 4.34. The molecule has 0 amide bonds. The van der Waals surface area contributed by atoms with E-state index in [0.29, 0.717) is 0 Å². The number of nitrogens with zero attached hydrogens (tertiary/aromatic N) is 2. The molecule has 0 aliphatic carbocycles. The minimum absolute atomic E-state index is 0.726. The highest BCUT2D eigenvalue weighted by atomic mass is 35.5. The summed E-state index contributed by atoms with van der Waals surface area (Å²) in [5.41, 5.74) is 3.13. The third-order valence-corrected chi connectivity index (χ3v) is 5.47. The Morgan fingerprint density at radius 2 is 1.92 bits per heavy atom. The minimum Gasteiger partial charge on any atom is -0.336 e. The molecule has 2 aromatic carbocycles. The van der Waals surface area contributed by atoms with Gasteiger partial charge in [0.1, 0.15) is 0 Å². The number of hydrogen-bond donors (Lipinski definition) is 1. The van der Waals surface area contributed by atoms with Crippen LogP contribution in [-0.2, 0) is 6.54 Å². The van der Waals surface area contributed by atoms with Crippen LogP contribution in [0.15, 0.2) is 42.5 Å². The highest BCUT2D eigenvalue weighted by Crippen LogP contribution is 2.22. The zero-order valence-electron chi connectivity index (χ0n) is 14.1. The second-order valence-electron chi connectivity index (χ2n) is 6.30. The SMILES string of the molecule is Cc1ccc(NC(=S)N2CCCN(Cc3ccccc3Cl)C2)cc1Cl. The standard InChI is InChI=1S/C19H21Cl2N3S/c1-14-7-8-16(11-18(14)21)22-19(25)24-10-4-9-23(13-24)12-15-5-2-3-6-17(15)20/h2-3,5-8,11H,4,9-10,12-13H2,1H3,(H,22,25). The quantitative estimate of drug-likeness (QED) is 0.725. The molecule has 1 N–H and O–H groups in total. The summed E-state index contributed by atoms with van der Waals surface area (Å²) < 4.78 is 0. The van der Waals surface area contributed by atoms with E-state index >= 15 is 0 Å². The molecule has 3 nitrogen and oxygen atoms in total. The molecular formula is C19H21Cl2N3S. The number of nitrogens with one attached hydrogen (secondary N) is 1. The van der Waals surface area contributed by atoms with Crippen LogP contribution < -0.4 is 5.32 Å². The normalized spacial score (nSPS) is 15.2. The first kappa shape index (κ1) is 18.5. The number of hydrogen-bond acceptors (Lipinski definition) is 2. The maximum absolute atomic E-state index is 6.29. The highest BCUT2D eigenvalue weighted by Gasteiger charge is 2.20. The van der Waals surface area contributed by atoms with Crippen LogP contribution in [-0.4, -0.2) is 34.7 Å². The van der Waals surface area contributed by atoms with Crippen molar-refractivity contribution >= 4 is 46.2 Å². The van der Waals surface area contributed by atoms with Gasteiger partial charge in [-0.15, -0.1) is 0 Å². The first-order chi connectivity index (χ1) is 12.0. The van der Waals surface area contributed by atoms with Crippen molar-refractivity contribution in [1.29, 1.82) is 0 Å². The molecule has 1 fully saturated rings. The zero-order chi connectivity index (χ0) is 17.8. The first-order valence-electron chi connectivity index (χ1n) is 8.31. The predicted molar refractivity (Wildman–Crippen MR) is 110 cm³/mol. The molecule has 0 atom stereocenters. The zero-order valence-corrected chi connectivity index (χ0v) is 16.5. The Kier molecular flexibility index (Phi) is 6.18. The van der Waals surface area contributed by atoms with Gasteiger partial charge in [-0.05, 0) is 54.9 Å². The summed E-state index contributed by atoms with van der Waals surface area (Å²) in [4.78, 5) is 4.55. The van der Waals surface area contributed by atoms with Crippen molar-refractivity contribution in [2.24, 2.45) is 0 Å². The fourth-order valence-electron chi connectivity index (χ4n) is 2.90. The van der Waals surface area contributed by atoms with Gasteiger partial charge < -0.3 is 10.2 Å². The monoisotopic (exact) mass is 393 g/mol. The van der Waals surface area contributed by atoms with Crippen LogP contribution in [0.25, 0.3) is 0 Å². The predicted octanol–water partition coefficient (Wildman–Crippen LogP) is 5.16. The lowest BCUT2D eigenvalue weighted by atomic mass is 10.2. The van der Waals surface area contributed by atoms with Gasteiger partial charge in [0.15, 0.2) is 5.11 Å². The van der Waals surface area contributed by atoms with Gasteiger partial charge in [0.2, 0.25) is 0 Å². The second kappa shape index (κ2) is 8.37. The fourth-order valence-corrected chi connectivity index (χ4v) is 3.55. The summed E-state index contributed by atoms with van der Waals surface area (Å²) in [5, 5.41) is 5.58. The maximum atomic E-state index is 6.29. The molecule has 0 aromatic heterocycles. The van der Waals surface area contributed by atoms with Gasteiger partial charge in [-0.25, -0.2) is 0 Å². The largest absolute Gasteiger partial charge is 0.336 e. The molecule has 0 spiro atoms. The molecule has 132 valence electrons. The number of anilines is 1. The second-order valence-corrected chi connectivity index (χ2v) is 7.50. The Bertz CT molecular complexity index is 766. The minimum atomic E-state index is 0.726. The fraction of sp³-hybridized carbons (Fsp3) is 0.316. The van der Waals surface area contributed by atoms with Gasteiger partial charge in [-0.3, -0.25) is 4.90 Å².